The molecule has 1 amide bonds. The van der Waals surface area contributed by atoms with Crippen LogP contribution in [0.4, 0.5) is 5.13 Å². The molecule has 1 aromatic heterocycles. The molecule has 1 aliphatic rings. The molecule has 0 bridgehead atoms. The Hall–Kier alpha value is -2.69. The maximum absolute atomic E-state index is 12.9. The van der Waals surface area contributed by atoms with Crippen molar-refractivity contribution in [1.82, 2.24) is 9.29 Å². The molecule has 0 aliphatic carbocycles. The average molecular weight is 462 g/mol. The van der Waals surface area contributed by atoms with E-state index >= 15 is 0 Å². The van der Waals surface area contributed by atoms with Gasteiger partial charge in [0.25, 0.3) is 5.91 Å². The fourth-order valence-electron chi connectivity index (χ4n) is 3.32. The van der Waals surface area contributed by atoms with E-state index in [0.29, 0.717) is 40.8 Å². The molecule has 8 nitrogen and oxygen atoms in total. The molecule has 0 unspecified atom stereocenters. The van der Waals surface area contributed by atoms with Crippen LogP contribution in [0.1, 0.15) is 37.0 Å². The van der Waals surface area contributed by atoms with Gasteiger partial charge in [-0.25, -0.2) is 13.4 Å². The first-order valence-electron chi connectivity index (χ1n) is 10.0. The number of hydrogen-bond acceptors (Lipinski definition) is 7. The highest BCUT2D eigenvalue weighted by molar-refractivity contribution is 7.89. The first-order valence-corrected chi connectivity index (χ1v) is 12.3. The number of nitrogens with one attached hydrogen (secondary N) is 1. The third kappa shape index (κ3) is 4.36. The van der Waals surface area contributed by atoms with Crippen LogP contribution in [0, 0.1) is 0 Å². The van der Waals surface area contributed by atoms with Gasteiger partial charge in [0.15, 0.2) is 16.6 Å². The molecule has 0 atom stereocenters. The van der Waals surface area contributed by atoms with Crippen LogP contribution in [0.15, 0.2) is 41.3 Å². The van der Waals surface area contributed by atoms with Crippen molar-refractivity contribution < 1.29 is 22.7 Å². The number of hydrogen-bond donors (Lipinski definition) is 1. The number of carbonyl (C=O) groups excluding carboxylic acids is 1. The summed E-state index contributed by atoms with van der Waals surface area (Å²) in [6, 6.07) is 9.59. The second-order valence-corrected chi connectivity index (χ2v) is 10.0. The molecule has 0 saturated carbocycles. The highest BCUT2D eigenvalue weighted by Gasteiger charge is 2.23. The molecule has 31 heavy (non-hydrogen) atoms. The molecule has 0 radical (unpaired) electrons. The Morgan fingerprint density at radius 3 is 2.39 bits per heavy atom. The molecule has 4 rings (SSSR count). The Balaban J connectivity index is 1.50. The number of rotatable bonds is 8. The molecular formula is C21H23N3O5S2. The van der Waals surface area contributed by atoms with Gasteiger partial charge in [0.05, 0.1) is 15.1 Å². The maximum atomic E-state index is 12.9. The summed E-state index contributed by atoms with van der Waals surface area (Å²) < 4.78 is 38.8. The minimum atomic E-state index is -3.58. The van der Waals surface area contributed by atoms with Crippen LogP contribution in [0.25, 0.3) is 10.2 Å². The third-order valence-electron chi connectivity index (χ3n) is 4.80. The molecule has 3 aromatic rings. The van der Waals surface area contributed by atoms with Crippen molar-refractivity contribution in [2.75, 3.05) is 25.2 Å². The lowest BCUT2D eigenvalue weighted by atomic mass is 10.2. The van der Waals surface area contributed by atoms with Crippen LogP contribution in [0.5, 0.6) is 11.5 Å². The first-order chi connectivity index (χ1) is 14.9. The van der Waals surface area contributed by atoms with Gasteiger partial charge in [-0.15, -0.1) is 0 Å². The summed E-state index contributed by atoms with van der Waals surface area (Å²) >= 11 is 1.33. The Morgan fingerprint density at radius 2 is 1.74 bits per heavy atom. The van der Waals surface area contributed by atoms with Gasteiger partial charge in [-0.3, -0.25) is 10.1 Å². The molecule has 164 valence electrons. The van der Waals surface area contributed by atoms with Crippen molar-refractivity contribution in [3.63, 3.8) is 0 Å². The van der Waals surface area contributed by atoms with E-state index in [9.17, 15) is 13.2 Å². The molecule has 2 aromatic carbocycles. The van der Waals surface area contributed by atoms with E-state index < -0.39 is 10.0 Å². The number of ether oxygens (including phenoxy) is 2. The maximum Gasteiger partial charge on any atom is 0.257 e. The normalized spacial score (nSPS) is 13.1. The fourth-order valence-corrected chi connectivity index (χ4v) is 5.81. The van der Waals surface area contributed by atoms with E-state index in [1.165, 1.54) is 39.9 Å². The molecule has 1 aliphatic heterocycles. The SMILES string of the molecule is CCCN(CCC)S(=O)(=O)c1ccc(C(=O)Nc2nc3cc4c(cc3s2)OCO4)cc1. The Kier molecular flexibility index (Phi) is 6.12. The standard InChI is InChI=1S/C21H23N3O5S2/c1-3-9-24(10-4-2)31(26,27)15-7-5-14(6-8-15)20(25)23-21-22-16-11-17-18(29-13-28-17)12-19(16)30-21/h5-8,11-12H,3-4,9-10,13H2,1-2H3,(H,22,23,25). The average Bonchev–Trinajstić information content (AvgIpc) is 3.37. The van der Waals surface area contributed by atoms with E-state index in [1.54, 1.807) is 6.07 Å². The van der Waals surface area contributed by atoms with Gasteiger partial charge in [0.1, 0.15) is 0 Å². The zero-order chi connectivity index (χ0) is 22.0. The predicted molar refractivity (Wildman–Crippen MR) is 119 cm³/mol. The topological polar surface area (TPSA) is 97.8 Å². The van der Waals surface area contributed by atoms with Crippen LogP contribution in [0.2, 0.25) is 0 Å². The lowest BCUT2D eigenvalue weighted by molar-refractivity contribution is 0.102. The van der Waals surface area contributed by atoms with E-state index in [1.807, 2.05) is 19.9 Å². The lowest BCUT2D eigenvalue weighted by Crippen LogP contribution is -2.32. The van der Waals surface area contributed by atoms with Crippen molar-refractivity contribution in [2.45, 2.75) is 31.6 Å². The van der Waals surface area contributed by atoms with Gasteiger partial charge in [-0.05, 0) is 37.1 Å². The van der Waals surface area contributed by atoms with Gasteiger partial charge < -0.3 is 9.47 Å². The van der Waals surface area contributed by atoms with E-state index in [-0.39, 0.29) is 17.6 Å². The van der Waals surface area contributed by atoms with Crippen molar-refractivity contribution in [3.8, 4) is 11.5 Å². The number of benzene rings is 2. The zero-order valence-corrected chi connectivity index (χ0v) is 18.9. The highest BCUT2D eigenvalue weighted by Crippen LogP contribution is 2.39. The monoisotopic (exact) mass is 461 g/mol. The molecule has 0 spiro atoms. The number of carbonyl (C=O) groups is 1. The summed E-state index contributed by atoms with van der Waals surface area (Å²) in [4.78, 5) is 17.2. The van der Waals surface area contributed by atoms with Crippen LogP contribution in [-0.4, -0.2) is 43.5 Å². The second kappa shape index (κ2) is 8.81. The molecule has 0 fully saturated rings. The smallest absolute Gasteiger partial charge is 0.257 e. The number of thiazole rings is 1. The van der Waals surface area contributed by atoms with Gasteiger partial charge in [0, 0.05) is 30.8 Å². The van der Waals surface area contributed by atoms with Gasteiger partial charge in [-0.2, -0.15) is 4.31 Å². The van der Waals surface area contributed by atoms with E-state index in [2.05, 4.69) is 10.3 Å². The van der Waals surface area contributed by atoms with Crippen molar-refractivity contribution in [2.24, 2.45) is 0 Å². The number of nitrogens with zero attached hydrogens (tertiary/aromatic N) is 2. The van der Waals surface area contributed by atoms with Crippen molar-refractivity contribution in [3.05, 3.63) is 42.0 Å². The Bertz CT molecular complexity index is 1160. The molecule has 10 heteroatoms. The molecule has 1 N–H and O–H groups in total. The molecule has 2 heterocycles. The second-order valence-electron chi connectivity index (χ2n) is 7.07. The summed E-state index contributed by atoms with van der Waals surface area (Å²) in [6.45, 7) is 5.02. The molecule has 0 saturated heterocycles. The van der Waals surface area contributed by atoms with Crippen LogP contribution >= 0.6 is 11.3 Å². The summed E-state index contributed by atoms with van der Waals surface area (Å²) in [6.07, 6.45) is 1.48. The summed E-state index contributed by atoms with van der Waals surface area (Å²) in [5.74, 6) is 0.931. The number of amides is 1. The Morgan fingerprint density at radius 1 is 1.10 bits per heavy atom. The molecular weight excluding hydrogens is 438 g/mol. The van der Waals surface area contributed by atoms with E-state index in [0.717, 1.165) is 17.5 Å². The number of fused-ring (bicyclic) bond motifs is 2. The lowest BCUT2D eigenvalue weighted by Gasteiger charge is -2.21. The minimum Gasteiger partial charge on any atom is -0.454 e. The quantitative estimate of drug-likeness (QED) is 0.543. The highest BCUT2D eigenvalue weighted by atomic mass is 32.2. The van der Waals surface area contributed by atoms with Crippen LogP contribution in [-0.2, 0) is 10.0 Å². The first kappa shape index (κ1) is 21.5. The largest absolute Gasteiger partial charge is 0.454 e. The number of aromatic nitrogens is 1. The summed E-state index contributed by atoms with van der Waals surface area (Å²) in [5, 5.41) is 3.21. The van der Waals surface area contributed by atoms with Gasteiger partial charge in [0.2, 0.25) is 16.8 Å². The number of sulfonamides is 1. The predicted octanol–water partition coefficient (Wildman–Crippen LogP) is 4.09. The van der Waals surface area contributed by atoms with Crippen molar-refractivity contribution in [1.29, 1.82) is 0 Å². The third-order valence-corrected chi connectivity index (χ3v) is 7.65. The Labute approximate surface area is 184 Å². The van der Waals surface area contributed by atoms with Crippen molar-refractivity contribution >= 4 is 42.6 Å². The van der Waals surface area contributed by atoms with Crippen LogP contribution in [0.3, 0.4) is 0 Å². The number of anilines is 1. The fraction of sp³-hybridized carbons (Fsp3) is 0.333. The minimum absolute atomic E-state index is 0.181. The van der Waals surface area contributed by atoms with E-state index in [4.69, 9.17) is 9.47 Å². The zero-order valence-electron chi connectivity index (χ0n) is 17.3. The van der Waals surface area contributed by atoms with Crippen LogP contribution < -0.4 is 14.8 Å². The van der Waals surface area contributed by atoms with Gasteiger partial charge in [-0.1, -0.05) is 25.2 Å². The summed E-state index contributed by atoms with van der Waals surface area (Å²) in [5.41, 5.74) is 1.06. The summed E-state index contributed by atoms with van der Waals surface area (Å²) in [7, 11) is -3.58. The van der Waals surface area contributed by atoms with Gasteiger partial charge >= 0.3 is 0 Å².